The van der Waals surface area contributed by atoms with E-state index in [0.29, 0.717) is 19.6 Å². The van der Waals surface area contributed by atoms with Crippen molar-refractivity contribution >= 4 is 6.03 Å². The van der Waals surface area contributed by atoms with Crippen molar-refractivity contribution in [1.82, 2.24) is 20.1 Å². The molecule has 1 aromatic rings. The zero-order chi connectivity index (χ0) is 17.6. The number of hydrogen-bond donors (Lipinski definition) is 1. The molecule has 134 valence electrons. The van der Waals surface area contributed by atoms with Gasteiger partial charge in [-0.1, -0.05) is 6.07 Å². The van der Waals surface area contributed by atoms with E-state index >= 15 is 0 Å². The van der Waals surface area contributed by atoms with E-state index in [1.807, 2.05) is 18.2 Å². The Kier molecular flexibility index (Phi) is 6.42. The highest BCUT2D eigenvalue weighted by Gasteiger charge is 2.35. The average Bonchev–Trinajstić information content (AvgIpc) is 2.53. The Labute approximate surface area is 139 Å². The van der Waals surface area contributed by atoms with Crippen LogP contribution in [0.4, 0.5) is 18.0 Å². The summed E-state index contributed by atoms with van der Waals surface area (Å²) in [6.07, 6.45) is -0.927. The van der Waals surface area contributed by atoms with Crippen molar-refractivity contribution in [2.75, 3.05) is 32.7 Å². The first-order valence-corrected chi connectivity index (χ1v) is 8.08. The molecule has 2 rings (SSSR count). The Hall–Kier alpha value is -1.83. The second kappa shape index (κ2) is 8.32. The molecule has 1 saturated heterocycles. The molecule has 2 heterocycles. The number of pyridine rings is 1. The lowest BCUT2D eigenvalue weighted by atomic mass is 10.2. The monoisotopic (exact) mass is 344 g/mol. The third kappa shape index (κ3) is 5.99. The number of aromatic nitrogens is 1. The second-order valence-corrected chi connectivity index (χ2v) is 6.04. The summed E-state index contributed by atoms with van der Waals surface area (Å²) in [6, 6.07) is 5.19. The average molecular weight is 344 g/mol. The van der Waals surface area contributed by atoms with Crippen molar-refractivity contribution in [2.45, 2.75) is 32.0 Å². The normalized spacial score (nSPS) is 19.3. The zero-order valence-corrected chi connectivity index (χ0v) is 13.7. The maximum atomic E-state index is 12.5. The summed E-state index contributed by atoms with van der Waals surface area (Å²) in [4.78, 5) is 19.3. The second-order valence-electron chi connectivity index (χ2n) is 6.04. The van der Waals surface area contributed by atoms with Gasteiger partial charge >= 0.3 is 12.2 Å². The molecule has 2 amide bonds. The van der Waals surface area contributed by atoms with E-state index in [1.165, 1.54) is 4.90 Å². The number of aryl methyl sites for hydroxylation is 1. The number of carbonyl (C=O) groups is 1. The quantitative estimate of drug-likeness (QED) is 0.834. The van der Waals surface area contributed by atoms with Crippen LogP contribution in [-0.2, 0) is 6.42 Å². The van der Waals surface area contributed by atoms with Crippen LogP contribution >= 0.6 is 0 Å². The first-order valence-electron chi connectivity index (χ1n) is 8.08. The van der Waals surface area contributed by atoms with E-state index in [-0.39, 0.29) is 18.6 Å². The third-order valence-corrected chi connectivity index (χ3v) is 4.05. The molecule has 0 bridgehead atoms. The van der Waals surface area contributed by atoms with Crippen molar-refractivity contribution in [1.29, 1.82) is 0 Å². The number of nitrogens with one attached hydrogen (secondary N) is 1. The van der Waals surface area contributed by atoms with Gasteiger partial charge in [0.15, 0.2) is 0 Å². The third-order valence-electron chi connectivity index (χ3n) is 4.05. The standard InChI is InChI=1S/C16H23F3N4O/c1-13-11-22(9-10-23(13)12-16(17,18)19)15(24)21-8-4-6-14-5-2-3-7-20-14/h2-3,5,7,13H,4,6,8-12H2,1H3,(H,21,24). The maximum absolute atomic E-state index is 12.5. The number of urea groups is 1. The number of amides is 2. The van der Waals surface area contributed by atoms with E-state index in [1.54, 1.807) is 18.0 Å². The van der Waals surface area contributed by atoms with Gasteiger partial charge in [-0.15, -0.1) is 0 Å². The van der Waals surface area contributed by atoms with Crippen LogP contribution in [0.3, 0.4) is 0 Å². The van der Waals surface area contributed by atoms with Crippen molar-refractivity contribution in [3.8, 4) is 0 Å². The Morgan fingerprint density at radius 1 is 1.38 bits per heavy atom. The molecule has 24 heavy (non-hydrogen) atoms. The molecular formula is C16H23F3N4O. The van der Waals surface area contributed by atoms with Crippen LogP contribution in [0, 0.1) is 0 Å². The Morgan fingerprint density at radius 2 is 2.17 bits per heavy atom. The van der Waals surface area contributed by atoms with Crippen LogP contribution in [0.15, 0.2) is 24.4 Å². The molecule has 0 aliphatic carbocycles. The Morgan fingerprint density at radius 3 is 2.79 bits per heavy atom. The summed E-state index contributed by atoms with van der Waals surface area (Å²) in [7, 11) is 0. The summed E-state index contributed by atoms with van der Waals surface area (Å²) in [5.74, 6) is 0. The van der Waals surface area contributed by atoms with Crippen LogP contribution in [0.1, 0.15) is 19.0 Å². The minimum atomic E-state index is -4.20. The van der Waals surface area contributed by atoms with Gasteiger partial charge in [0.2, 0.25) is 0 Å². The number of hydrogen-bond acceptors (Lipinski definition) is 3. The van der Waals surface area contributed by atoms with Gasteiger partial charge in [0.25, 0.3) is 0 Å². The molecule has 8 heteroatoms. The molecule has 0 aromatic carbocycles. The van der Waals surface area contributed by atoms with Crippen LogP contribution in [0.2, 0.25) is 0 Å². The number of nitrogens with zero attached hydrogens (tertiary/aromatic N) is 3. The Balaban J connectivity index is 1.68. The smallest absolute Gasteiger partial charge is 0.338 e. The first kappa shape index (κ1) is 18.5. The number of piperazine rings is 1. The van der Waals surface area contributed by atoms with Gasteiger partial charge in [-0.25, -0.2) is 4.79 Å². The first-order chi connectivity index (χ1) is 11.3. The number of carbonyl (C=O) groups excluding carboxylic acids is 1. The molecule has 1 aromatic heterocycles. The van der Waals surface area contributed by atoms with Gasteiger partial charge < -0.3 is 10.2 Å². The van der Waals surface area contributed by atoms with Gasteiger partial charge in [0.1, 0.15) is 0 Å². The van der Waals surface area contributed by atoms with Crippen molar-refractivity contribution in [2.24, 2.45) is 0 Å². The van der Waals surface area contributed by atoms with Crippen LogP contribution in [0.25, 0.3) is 0 Å². The highest BCUT2D eigenvalue weighted by atomic mass is 19.4. The molecule has 0 saturated carbocycles. The SMILES string of the molecule is CC1CN(C(=O)NCCCc2ccccn2)CCN1CC(F)(F)F. The minimum Gasteiger partial charge on any atom is -0.338 e. The summed E-state index contributed by atoms with van der Waals surface area (Å²) < 4.78 is 37.4. The van der Waals surface area contributed by atoms with Crippen LogP contribution in [0.5, 0.6) is 0 Å². The molecule has 1 fully saturated rings. The van der Waals surface area contributed by atoms with Gasteiger partial charge in [-0.3, -0.25) is 9.88 Å². The van der Waals surface area contributed by atoms with E-state index in [4.69, 9.17) is 0 Å². The molecule has 0 spiro atoms. The number of alkyl halides is 3. The molecule has 1 aliphatic heterocycles. The largest absolute Gasteiger partial charge is 0.401 e. The van der Waals surface area contributed by atoms with E-state index in [2.05, 4.69) is 10.3 Å². The van der Waals surface area contributed by atoms with Crippen LogP contribution in [-0.4, -0.2) is 65.8 Å². The lowest BCUT2D eigenvalue weighted by Crippen LogP contribution is -2.57. The van der Waals surface area contributed by atoms with Gasteiger partial charge in [0.05, 0.1) is 6.54 Å². The summed E-state index contributed by atoms with van der Waals surface area (Å²) in [5.41, 5.74) is 0.973. The molecule has 1 aliphatic rings. The van der Waals surface area contributed by atoms with Crippen molar-refractivity contribution < 1.29 is 18.0 Å². The fourth-order valence-corrected chi connectivity index (χ4v) is 2.77. The van der Waals surface area contributed by atoms with Gasteiger partial charge in [0, 0.05) is 44.1 Å². The molecule has 1 N–H and O–H groups in total. The van der Waals surface area contributed by atoms with E-state index in [0.717, 1.165) is 18.5 Å². The lowest BCUT2D eigenvalue weighted by molar-refractivity contribution is -0.153. The molecular weight excluding hydrogens is 321 g/mol. The highest BCUT2D eigenvalue weighted by Crippen LogP contribution is 2.20. The van der Waals surface area contributed by atoms with Gasteiger partial charge in [-0.05, 0) is 31.9 Å². The highest BCUT2D eigenvalue weighted by molar-refractivity contribution is 5.74. The fraction of sp³-hybridized carbons (Fsp3) is 0.625. The maximum Gasteiger partial charge on any atom is 0.401 e. The van der Waals surface area contributed by atoms with Crippen molar-refractivity contribution in [3.05, 3.63) is 30.1 Å². The van der Waals surface area contributed by atoms with E-state index < -0.39 is 12.7 Å². The van der Waals surface area contributed by atoms with Crippen LogP contribution < -0.4 is 5.32 Å². The van der Waals surface area contributed by atoms with Crippen molar-refractivity contribution in [3.63, 3.8) is 0 Å². The van der Waals surface area contributed by atoms with E-state index in [9.17, 15) is 18.0 Å². The predicted octanol–water partition coefficient (Wildman–Crippen LogP) is 2.29. The molecule has 1 atom stereocenters. The summed E-state index contributed by atoms with van der Waals surface area (Å²) in [6.45, 7) is 2.17. The molecule has 0 radical (unpaired) electrons. The zero-order valence-electron chi connectivity index (χ0n) is 13.7. The fourth-order valence-electron chi connectivity index (χ4n) is 2.77. The Bertz CT molecular complexity index is 524. The molecule has 5 nitrogen and oxygen atoms in total. The molecule has 1 unspecified atom stereocenters. The number of rotatable bonds is 5. The minimum absolute atomic E-state index is 0.213. The summed E-state index contributed by atoms with van der Waals surface area (Å²) >= 11 is 0. The lowest BCUT2D eigenvalue weighted by Gasteiger charge is -2.39. The predicted molar refractivity (Wildman–Crippen MR) is 84.6 cm³/mol. The summed E-state index contributed by atoms with van der Waals surface area (Å²) in [5, 5.41) is 2.82. The number of halogens is 3. The topological polar surface area (TPSA) is 48.5 Å². The van der Waals surface area contributed by atoms with Gasteiger partial charge in [-0.2, -0.15) is 13.2 Å².